The molecule has 0 saturated heterocycles. The van der Waals surface area contributed by atoms with Crippen LogP contribution in [0.3, 0.4) is 0 Å². The monoisotopic (exact) mass is 234 g/mol. The molecule has 0 bridgehead atoms. The van der Waals surface area contributed by atoms with E-state index in [1.165, 1.54) is 0 Å². The average molecular weight is 234 g/mol. The van der Waals surface area contributed by atoms with E-state index in [0.717, 1.165) is 24.8 Å². The lowest BCUT2D eigenvalue weighted by Crippen LogP contribution is -2.42. The Kier molecular flexibility index (Phi) is 2.90. The topological polar surface area (TPSA) is 59.1 Å². The minimum atomic E-state index is -0.812. The summed E-state index contributed by atoms with van der Waals surface area (Å²) >= 11 is 0. The Morgan fingerprint density at radius 2 is 2.12 bits per heavy atom. The van der Waals surface area contributed by atoms with Crippen LogP contribution in [0.4, 0.5) is 5.82 Å². The summed E-state index contributed by atoms with van der Waals surface area (Å²) in [6.45, 7) is 6.62. The zero-order chi connectivity index (χ0) is 12.7. The smallest absolute Gasteiger partial charge is 0.129 e. The molecule has 2 unspecified atom stereocenters. The van der Waals surface area contributed by atoms with E-state index in [2.05, 4.69) is 25.8 Å². The van der Waals surface area contributed by atoms with Crippen LogP contribution in [0.5, 0.6) is 0 Å². The fraction of sp³-hybridized carbons (Fsp3) is 0.643. The number of nitrogens with two attached hydrogens (primary N) is 1. The number of hydrogen-bond acceptors (Lipinski definition) is 3. The molecule has 1 aliphatic rings. The number of aromatic nitrogens is 1. The van der Waals surface area contributed by atoms with Gasteiger partial charge in [-0.3, -0.25) is 0 Å². The lowest BCUT2D eigenvalue weighted by Gasteiger charge is -2.45. The molecule has 3 nitrogen and oxygen atoms in total. The molecule has 0 radical (unpaired) electrons. The van der Waals surface area contributed by atoms with E-state index in [-0.39, 0.29) is 5.92 Å². The van der Waals surface area contributed by atoms with Crippen molar-refractivity contribution in [2.75, 3.05) is 5.73 Å². The highest BCUT2D eigenvalue weighted by Crippen LogP contribution is 2.49. The van der Waals surface area contributed by atoms with E-state index in [0.29, 0.717) is 11.2 Å². The van der Waals surface area contributed by atoms with Crippen LogP contribution in [0.1, 0.15) is 45.6 Å². The van der Waals surface area contributed by atoms with Crippen LogP contribution in [-0.2, 0) is 5.60 Å². The second-order valence-corrected chi connectivity index (χ2v) is 6.13. The van der Waals surface area contributed by atoms with Gasteiger partial charge in [0.1, 0.15) is 5.82 Å². The van der Waals surface area contributed by atoms with E-state index in [4.69, 9.17) is 5.73 Å². The van der Waals surface area contributed by atoms with Crippen molar-refractivity contribution in [1.29, 1.82) is 0 Å². The fourth-order valence-electron chi connectivity index (χ4n) is 3.06. The summed E-state index contributed by atoms with van der Waals surface area (Å²) in [5, 5.41) is 10.9. The van der Waals surface area contributed by atoms with Gasteiger partial charge >= 0.3 is 0 Å². The number of nitrogen functional groups attached to an aromatic ring is 1. The van der Waals surface area contributed by atoms with Crippen LogP contribution in [0, 0.1) is 11.3 Å². The molecule has 1 aliphatic carbocycles. The normalized spacial score (nSPS) is 32.4. The molecule has 1 aromatic heterocycles. The van der Waals surface area contributed by atoms with E-state index < -0.39 is 5.60 Å². The number of hydrogen-bond donors (Lipinski definition) is 2. The van der Waals surface area contributed by atoms with Crippen molar-refractivity contribution in [1.82, 2.24) is 4.98 Å². The first-order valence-corrected chi connectivity index (χ1v) is 6.28. The molecule has 0 aliphatic heterocycles. The summed E-state index contributed by atoms with van der Waals surface area (Å²) in [4.78, 5) is 4.09. The molecule has 17 heavy (non-hydrogen) atoms. The lowest BCUT2D eigenvalue weighted by molar-refractivity contribution is -0.0765. The van der Waals surface area contributed by atoms with Crippen molar-refractivity contribution < 1.29 is 5.11 Å². The summed E-state index contributed by atoms with van der Waals surface area (Å²) in [5.74, 6) is 0.666. The molecule has 1 fully saturated rings. The Balaban J connectivity index is 2.35. The predicted octanol–water partition coefficient (Wildman–Crippen LogP) is 2.70. The third-order valence-corrected chi connectivity index (χ3v) is 4.16. The second kappa shape index (κ2) is 3.98. The fourth-order valence-corrected chi connectivity index (χ4v) is 3.06. The van der Waals surface area contributed by atoms with Gasteiger partial charge in [0, 0.05) is 11.8 Å². The predicted molar refractivity (Wildman–Crippen MR) is 69.3 cm³/mol. The van der Waals surface area contributed by atoms with E-state index in [1.807, 2.05) is 12.1 Å². The molecule has 3 heteroatoms. The van der Waals surface area contributed by atoms with Crippen molar-refractivity contribution in [3.05, 3.63) is 23.9 Å². The Labute approximate surface area is 103 Å². The van der Waals surface area contributed by atoms with Gasteiger partial charge in [-0.25, -0.2) is 4.98 Å². The van der Waals surface area contributed by atoms with Crippen molar-refractivity contribution in [2.24, 2.45) is 11.3 Å². The summed E-state index contributed by atoms with van der Waals surface area (Å²) in [5.41, 5.74) is 6.19. The largest absolute Gasteiger partial charge is 0.385 e. The highest BCUT2D eigenvalue weighted by atomic mass is 16.3. The van der Waals surface area contributed by atoms with Crippen LogP contribution < -0.4 is 5.73 Å². The third kappa shape index (κ3) is 2.16. The van der Waals surface area contributed by atoms with Crippen molar-refractivity contribution in [3.63, 3.8) is 0 Å². The number of nitrogens with zero attached hydrogens (tertiary/aromatic N) is 1. The van der Waals surface area contributed by atoms with Crippen LogP contribution in [0.2, 0.25) is 0 Å². The number of rotatable bonds is 1. The van der Waals surface area contributed by atoms with E-state index >= 15 is 0 Å². The summed E-state index contributed by atoms with van der Waals surface area (Å²) in [6, 6.07) is 3.74. The maximum absolute atomic E-state index is 10.9. The minimum absolute atomic E-state index is 0.206. The zero-order valence-electron chi connectivity index (χ0n) is 10.9. The molecule has 3 N–H and O–H groups in total. The quantitative estimate of drug-likeness (QED) is 0.785. The molecule has 0 amide bonds. The number of pyridine rings is 1. The maximum atomic E-state index is 10.9. The van der Waals surface area contributed by atoms with Gasteiger partial charge in [-0.15, -0.1) is 0 Å². The van der Waals surface area contributed by atoms with E-state index in [1.54, 1.807) is 6.20 Å². The molecule has 1 aromatic rings. The van der Waals surface area contributed by atoms with Gasteiger partial charge in [-0.2, -0.15) is 0 Å². The molecule has 1 saturated carbocycles. The summed E-state index contributed by atoms with van der Waals surface area (Å²) in [6.07, 6.45) is 4.46. The molecule has 2 rings (SSSR count). The maximum Gasteiger partial charge on any atom is 0.129 e. The Hall–Kier alpha value is -1.09. The van der Waals surface area contributed by atoms with Crippen molar-refractivity contribution in [2.45, 2.75) is 45.6 Å². The summed E-state index contributed by atoms with van der Waals surface area (Å²) in [7, 11) is 0. The molecular formula is C14H22N2O. The van der Waals surface area contributed by atoms with Gasteiger partial charge in [-0.1, -0.05) is 26.8 Å². The van der Waals surface area contributed by atoms with Crippen LogP contribution in [-0.4, -0.2) is 10.1 Å². The molecule has 1 heterocycles. The van der Waals surface area contributed by atoms with Crippen LogP contribution in [0.15, 0.2) is 18.3 Å². The lowest BCUT2D eigenvalue weighted by atomic mass is 9.63. The van der Waals surface area contributed by atoms with Gasteiger partial charge in [-0.05, 0) is 36.7 Å². The van der Waals surface area contributed by atoms with Gasteiger partial charge in [0.05, 0.1) is 5.60 Å². The standard InChI is InChI=1S/C14H22N2O/c1-10-9-13(2,3)6-7-14(10,17)11-5-4-8-16-12(11)15/h4-5,8,10,17H,6-7,9H2,1-3H3,(H2,15,16). The Morgan fingerprint density at radius 1 is 1.41 bits per heavy atom. The third-order valence-electron chi connectivity index (χ3n) is 4.16. The Bertz CT molecular complexity index is 416. The van der Waals surface area contributed by atoms with Gasteiger partial charge in [0.15, 0.2) is 0 Å². The zero-order valence-corrected chi connectivity index (χ0v) is 10.9. The summed E-state index contributed by atoms with van der Waals surface area (Å²) < 4.78 is 0. The molecule has 0 aromatic carbocycles. The van der Waals surface area contributed by atoms with Crippen molar-refractivity contribution >= 4 is 5.82 Å². The number of aliphatic hydroxyl groups is 1. The van der Waals surface area contributed by atoms with E-state index in [9.17, 15) is 5.11 Å². The van der Waals surface area contributed by atoms with Gasteiger partial charge in [0.2, 0.25) is 0 Å². The molecule has 0 spiro atoms. The first-order valence-electron chi connectivity index (χ1n) is 6.28. The SMILES string of the molecule is CC1CC(C)(C)CCC1(O)c1cccnc1N. The first-order chi connectivity index (χ1) is 7.85. The van der Waals surface area contributed by atoms with Gasteiger partial charge < -0.3 is 10.8 Å². The Morgan fingerprint density at radius 3 is 2.71 bits per heavy atom. The second-order valence-electron chi connectivity index (χ2n) is 6.13. The van der Waals surface area contributed by atoms with Crippen LogP contribution in [0.25, 0.3) is 0 Å². The van der Waals surface area contributed by atoms with Crippen molar-refractivity contribution in [3.8, 4) is 0 Å². The molecule has 94 valence electrons. The molecular weight excluding hydrogens is 212 g/mol. The molecule has 2 atom stereocenters. The number of anilines is 1. The van der Waals surface area contributed by atoms with Gasteiger partial charge in [0.25, 0.3) is 0 Å². The highest BCUT2D eigenvalue weighted by Gasteiger charge is 2.44. The highest BCUT2D eigenvalue weighted by molar-refractivity contribution is 5.43. The minimum Gasteiger partial charge on any atom is -0.385 e. The van der Waals surface area contributed by atoms with Crippen LogP contribution >= 0.6 is 0 Å². The first kappa shape index (κ1) is 12.4. The average Bonchev–Trinajstić information content (AvgIpc) is 2.24.